The molecule has 1 aromatic rings. The van der Waals surface area contributed by atoms with Crippen LogP contribution in [0, 0.1) is 0 Å². The van der Waals surface area contributed by atoms with Crippen LogP contribution in [-0.2, 0) is 14.3 Å². The molecule has 5 nitrogen and oxygen atoms in total. The van der Waals surface area contributed by atoms with Crippen molar-refractivity contribution >= 4 is 29.3 Å². The van der Waals surface area contributed by atoms with Crippen LogP contribution >= 0.6 is 11.8 Å². The highest BCUT2D eigenvalue weighted by molar-refractivity contribution is 8.00. The number of nitrogens with one attached hydrogen (secondary N) is 2. The van der Waals surface area contributed by atoms with Crippen LogP contribution in [0.1, 0.15) is 11.6 Å². The zero-order valence-corrected chi connectivity index (χ0v) is 11.0. The fraction of sp³-hybridized carbons (Fsp3) is 0.333. The van der Waals surface area contributed by atoms with Gasteiger partial charge in [0.05, 0.1) is 18.6 Å². The van der Waals surface area contributed by atoms with Gasteiger partial charge in [-0.05, 0) is 24.7 Å². The van der Waals surface area contributed by atoms with E-state index in [4.69, 9.17) is 4.74 Å². The van der Waals surface area contributed by atoms with E-state index in [-0.39, 0.29) is 11.9 Å². The summed E-state index contributed by atoms with van der Waals surface area (Å²) in [6.45, 7) is 0. The number of hydrogen-bond donors (Lipinski definition) is 2. The maximum atomic E-state index is 11.6. The molecular weight excluding hydrogens is 252 g/mol. The molecule has 18 heavy (non-hydrogen) atoms. The van der Waals surface area contributed by atoms with Gasteiger partial charge in [0, 0.05) is 4.90 Å². The number of thioether (sulfide) groups is 1. The van der Waals surface area contributed by atoms with Crippen LogP contribution in [-0.4, -0.2) is 31.8 Å². The summed E-state index contributed by atoms with van der Waals surface area (Å²) in [4.78, 5) is 23.9. The van der Waals surface area contributed by atoms with Crippen LogP contribution in [0.3, 0.4) is 0 Å². The number of benzene rings is 1. The fourth-order valence-electron chi connectivity index (χ4n) is 1.82. The van der Waals surface area contributed by atoms with Crippen molar-refractivity contribution in [1.82, 2.24) is 5.32 Å². The number of ether oxygens (including phenoxy) is 1. The molecule has 0 saturated heterocycles. The largest absolute Gasteiger partial charge is 0.468 e. The number of amides is 1. The number of carbonyl (C=O) groups excluding carboxylic acids is 2. The van der Waals surface area contributed by atoms with Gasteiger partial charge in [-0.3, -0.25) is 4.79 Å². The molecule has 2 rings (SSSR count). The van der Waals surface area contributed by atoms with E-state index in [2.05, 4.69) is 10.6 Å². The van der Waals surface area contributed by atoms with Gasteiger partial charge in [0.2, 0.25) is 5.91 Å². The van der Waals surface area contributed by atoms with Gasteiger partial charge in [0.25, 0.3) is 0 Å². The first-order chi connectivity index (χ1) is 8.65. The lowest BCUT2D eigenvalue weighted by atomic mass is 10.1. The third-order valence-corrected chi connectivity index (χ3v) is 3.77. The molecule has 1 aromatic carbocycles. The Morgan fingerprint density at radius 3 is 3.00 bits per heavy atom. The highest BCUT2D eigenvalue weighted by atomic mass is 32.2. The van der Waals surface area contributed by atoms with Gasteiger partial charge in [0.15, 0.2) is 0 Å². The Balaban J connectivity index is 2.32. The summed E-state index contributed by atoms with van der Waals surface area (Å²) in [5.74, 6) is 0.0506. The van der Waals surface area contributed by atoms with E-state index in [1.165, 1.54) is 18.9 Å². The van der Waals surface area contributed by atoms with Crippen LogP contribution in [0.5, 0.6) is 0 Å². The van der Waals surface area contributed by atoms with Crippen LogP contribution in [0.25, 0.3) is 0 Å². The Kier molecular flexibility index (Phi) is 3.88. The summed E-state index contributed by atoms with van der Waals surface area (Å²) < 4.78 is 4.73. The van der Waals surface area contributed by atoms with Crippen molar-refractivity contribution in [2.24, 2.45) is 0 Å². The van der Waals surface area contributed by atoms with E-state index in [9.17, 15) is 9.59 Å². The molecule has 1 unspecified atom stereocenters. The van der Waals surface area contributed by atoms with Gasteiger partial charge in [0.1, 0.15) is 6.04 Å². The molecule has 1 amide bonds. The summed E-state index contributed by atoms with van der Waals surface area (Å²) in [7, 11) is 3.04. The number of anilines is 1. The number of esters is 1. The molecule has 6 heteroatoms. The molecule has 2 N–H and O–H groups in total. The Morgan fingerprint density at radius 1 is 1.56 bits per heavy atom. The van der Waals surface area contributed by atoms with E-state index in [1.54, 1.807) is 13.1 Å². The standard InChI is InChI=1S/C12H14N2O3S/c1-13-11(12(16)17-2)7-3-4-9-8(5-7)14-10(15)6-18-9/h3-5,11,13H,6H2,1-2H3,(H,14,15). The zero-order chi connectivity index (χ0) is 13.1. The normalized spacial score (nSPS) is 15.6. The summed E-state index contributed by atoms with van der Waals surface area (Å²) in [6.07, 6.45) is 0. The Hall–Kier alpha value is -1.53. The predicted molar refractivity (Wildman–Crippen MR) is 69.6 cm³/mol. The summed E-state index contributed by atoms with van der Waals surface area (Å²) in [5.41, 5.74) is 1.52. The van der Waals surface area contributed by atoms with Gasteiger partial charge in [-0.15, -0.1) is 11.8 Å². The van der Waals surface area contributed by atoms with Crippen molar-refractivity contribution in [3.05, 3.63) is 23.8 Å². The topological polar surface area (TPSA) is 67.4 Å². The lowest BCUT2D eigenvalue weighted by Crippen LogP contribution is -2.27. The first-order valence-electron chi connectivity index (χ1n) is 5.47. The molecule has 0 bridgehead atoms. The van der Waals surface area contributed by atoms with Gasteiger partial charge >= 0.3 is 5.97 Å². The van der Waals surface area contributed by atoms with Crippen molar-refractivity contribution in [3.63, 3.8) is 0 Å². The van der Waals surface area contributed by atoms with E-state index in [0.717, 1.165) is 16.1 Å². The molecule has 0 fully saturated rings. The second kappa shape index (κ2) is 5.41. The molecule has 0 radical (unpaired) electrons. The number of rotatable bonds is 3. The quantitative estimate of drug-likeness (QED) is 0.804. The first kappa shape index (κ1) is 12.9. The number of likely N-dealkylation sites (N-methyl/N-ethyl adjacent to an activating group) is 1. The molecule has 1 aliphatic rings. The van der Waals surface area contributed by atoms with Crippen molar-refractivity contribution in [2.75, 3.05) is 25.2 Å². The summed E-state index contributed by atoms with van der Waals surface area (Å²) >= 11 is 1.49. The second-order valence-electron chi connectivity index (χ2n) is 3.84. The smallest absolute Gasteiger partial charge is 0.327 e. The third-order valence-electron chi connectivity index (χ3n) is 2.70. The zero-order valence-electron chi connectivity index (χ0n) is 10.1. The van der Waals surface area contributed by atoms with E-state index < -0.39 is 6.04 Å². The van der Waals surface area contributed by atoms with Gasteiger partial charge in [-0.25, -0.2) is 4.79 Å². The monoisotopic (exact) mass is 266 g/mol. The predicted octanol–water partition coefficient (Wildman–Crippen LogP) is 1.16. The lowest BCUT2D eigenvalue weighted by molar-refractivity contribution is -0.143. The molecule has 0 aliphatic carbocycles. The number of methoxy groups -OCH3 is 1. The average Bonchev–Trinajstić information content (AvgIpc) is 2.38. The van der Waals surface area contributed by atoms with Crippen LogP contribution in [0.4, 0.5) is 5.69 Å². The first-order valence-corrected chi connectivity index (χ1v) is 6.46. The summed E-state index contributed by atoms with van der Waals surface area (Å²) in [5, 5.41) is 5.69. The lowest BCUT2D eigenvalue weighted by Gasteiger charge is -2.20. The molecular formula is C12H14N2O3S. The van der Waals surface area contributed by atoms with Crippen molar-refractivity contribution in [1.29, 1.82) is 0 Å². The molecule has 0 spiro atoms. The van der Waals surface area contributed by atoms with E-state index in [1.807, 2.05) is 12.1 Å². The van der Waals surface area contributed by atoms with Gasteiger partial charge < -0.3 is 15.4 Å². The minimum atomic E-state index is -0.524. The van der Waals surface area contributed by atoms with Gasteiger partial charge in [-0.1, -0.05) is 6.07 Å². The van der Waals surface area contributed by atoms with E-state index in [0.29, 0.717) is 5.75 Å². The Morgan fingerprint density at radius 2 is 2.33 bits per heavy atom. The van der Waals surface area contributed by atoms with Crippen molar-refractivity contribution in [2.45, 2.75) is 10.9 Å². The molecule has 0 aromatic heterocycles. The number of hydrogen-bond acceptors (Lipinski definition) is 5. The highest BCUT2D eigenvalue weighted by Gasteiger charge is 2.22. The number of carbonyl (C=O) groups is 2. The highest BCUT2D eigenvalue weighted by Crippen LogP contribution is 2.33. The maximum Gasteiger partial charge on any atom is 0.327 e. The molecule has 1 heterocycles. The molecule has 0 saturated carbocycles. The fourth-order valence-corrected chi connectivity index (χ4v) is 2.61. The third kappa shape index (κ3) is 2.49. The molecule has 1 aliphatic heterocycles. The molecule has 96 valence electrons. The summed E-state index contributed by atoms with van der Waals surface area (Å²) in [6, 6.07) is 5.05. The SMILES string of the molecule is CNC(C(=O)OC)c1ccc2c(c1)NC(=O)CS2. The minimum absolute atomic E-state index is 0.0243. The minimum Gasteiger partial charge on any atom is -0.468 e. The van der Waals surface area contributed by atoms with Crippen molar-refractivity contribution in [3.8, 4) is 0 Å². The molecule has 1 atom stereocenters. The Bertz CT molecular complexity index is 490. The average molecular weight is 266 g/mol. The number of fused-ring (bicyclic) bond motifs is 1. The Labute approximate surface area is 109 Å². The second-order valence-corrected chi connectivity index (χ2v) is 4.85. The van der Waals surface area contributed by atoms with E-state index >= 15 is 0 Å². The maximum absolute atomic E-state index is 11.6. The van der Waals surface area contributed by atoms with Crippen molar-refractivity contribution < 1.29 is 14.3 Å². The van der Waals surface area contributed by atoms with Crippen LogP contribution < -0.4 is 10.6 Å². The van der Waals surface area contributed by atoms with Gasteiger partial charge in [-0.2, -0.15) is 0 Å². The van der Waals surface area contributed by atoms with Crippen LogP contribution in [0.2, 0.25) is 0 Å². The van der Waals surface area contributed by atoms with Crippen LogP contribution in [0.15, 0.2) is 23.1 Å².